The van der Waals surface area contributed by atoms with Crippen molar-refractivity contribution in [1.82, 2.24) is 19.4 Å². The standard InChI is InChI=1S/C29H30N4O2/c1-31(2)16-19-8-7-14-32-17-22(20-9-3-5-11-24(20)32)26-27(29(35)30-28(26)34)23-18-33(15-13-19)25-12-6-4-10-21(23)25/h3-6,9-12,17-19H,7-8,13-16H2,1-2H3,(H,30,34,35). The number of nitrogens with zero attached hydrogens (tertiary/aromatic N) is 3. The maximum absolute atomic E-state index is 13.2. The molecule has 1 atom stereocenters. The summed E-state index contributed by atoms with van der Waals surface area (Å²) in [4.78, 5) is 28.7. The molecular weight excluding hydrogens is 436 g/mol. The number of para-hydroxylation sites is 2. The molecule has 4 bridgehead atoms. The molecule has 4 aromatic rings. The van der Waals surface area contributed by atoms with Gasteiger partial charge in [0.25, 0.3) is 11.8 Å². The van der Waals surface area contributed by atoms with E-state index in [-0.39, 0.29) is 11.8 Å². The van der Waals surface area contributed by atoms with Crippen molar-refractivity contribution >= 4 is 44.8 Å². The van der Waals surface area contributed by atoms with Crippen molar-refractivity contribution in [3.05, 3.63) is 72.1 Å². The summed E-state index contributed by atoms with van der Waals surface area (Å²) in [6, 6.07) is 16.4. The predicted molar refractivity (Wildman–Crippen MR) is 140 cm³/mol. The van der Waals surface area contributed by atoms with Gasteiger partial charge in [0.05, 0.1) is 11.1 Å². The molecule has 2 aliphatic rings. The summed E-state index contributed by atoms with van der Waals surface area (Å²) in [6.07, 6.45) is 7.41. The Bertz CT molecular complexity index is 1500. The minimum Gasteiger partial charge on any atom is -0.347 e. The summed E-state index contributed by atoms with van der Waals surface area (Å²) < 4.78 is 4.52. The van der Waals surface area contributed by atoms with Crippen LogP contribution in [0.2, 0.25) is 0 Å². The lowest BCUT2D eigenvalue weighted by Gasteiger charge is -2.22. The van der Waals surface area contributed by atoms with Crippen molar-refractivity contribution in [3.8, 4) is 0 Å². The molecule has 6 rings (SSSR count). The van der Waals surface area contributed by atoms with Gasteiger partial charge in [-0.3, -0.25) is 14.9 Å². The van der Waals surface area contributed by atoms with Crippen molar-refractivity contribution in [2.45, 2.75) is 32.4 Å². The van der Waals surface area contributed by atoms with E-state index in [0.29, 0.717) is 17.1 Å². The second-order valence-electron chi connectivity index (χ2n) is 10.1. The predicted octanol–water partition coefficient (Wildman–Crippen LogP) is 4.52. The quantitative estimate of drug-likeness (QED) is 0.442. The van der Waals surface area contributed by atoms with E-state index in [9.17, 15) is 9.59 Å². The van der Waals surface area contributed by atoms with Gasteiger partial charge in [0.15, 0.2) is 0 Å². The molecule has 178 valence electrons. The molecule has 0 spiro atoms. The normalized spacial score (nSPS) is 18.9. The van der Waals surface area contributed by atoms with Gasteiger partial charge >= 0.3 is 0 Å². The van der Waals surface area contributed by atoms with Crippen LogP contribution in [0.15, 0.2) is 60.9 Å². The Kier molecular flexibility index (Phi) is 5.33. The zero-order valence-corrected chi connectivity index (χ0v) is 20.3. The Labute approximate surface area is 204 Å². The van der Waals surface area contributed by atoms with Crippen LogP contribution in [0.5, 0.6) is 0 Å². The van der Waals surface area contributed by atoms with Gasteiger partial charge in [0, 0.05) is 65.0 Å². The minimum absolute atomic E-state index is 0.317. The van der Waals surface area contributed by atoms with Crippen LogP contribution in [0.3, 0.4) is 0 Å². The van der Waals surface area contributed by atoms with Crippen molar-refractivity contribution in [3.63, 3.8) is 0 Å². The van der Waals surface area contributed by atoms with E-state index in [2.05, 4.69) is 70.1 Å². The van der Waals surface area contributed by atoms with Crippen molar-refractivity contribution < 1.29 is 9.59 Å². The Morgan fingerprint density at radius 3 is 1.91 bits per heavy atom. The number of carbonyl (C=O) groups is 2. The van der Waals surface area contributed by atoms with Gasteiger partial charge in [-0.1, -0.05) is 36.4 Å². The SMILES string of the molecule is CN(C)CC1CCCn2cc(c3ccccc32)C2=C(C(=O)NC2=O)c2cn(c3ccccc23)CC1. The minimum atomic E-state index is -0.317. The molecule has 0 saturated heterocycles. The highest BCUT2D eigenvalue weighted by atomic mass is 16.2. The van der Waals surface area contributed by atoms with E-state index in [1.54, 1.807) is 0 Å². The highest BCUT2D eigenvalue weighted by Crippen LogP contribution is 2.39. The summed E-state index contributed by atoms with van der Waals surface area (Å²) in [5, 5.41) is 4.61. The highest BCUT2D eigenvalue weighted by molar-refractivity contribution is 6.50. The zero-order chi connectivity index (χ0) is 24.1. The van der Waals surface area contributed by atoms with Gasteiger partial charge in [-0.05, 0) is 51.4 Å². The van der Waals surface area contributed by atoms with E-state index in [1.807, 2.05) is 24.3 Å². The summed E-state index contributed by atoms with van der Waals surface area (Å²) in [6.45, 7) is 2.81. The fourth-order valence-electron chi connectivity index (χ4n) is 5.95. The van der Waals surface area contributed by atoms with Gasteiger partial charge < -0.3 is 14.0 Å². The second kappa shape index (κ2) is 8.54. The topological polar surface area (TPSA) is 59.3 Å². The van der Waals surface area contributed by atoms with Crippen molar-refractivity contribution in [2.75, 3.05) is 20.6 Å². The molecule has 1 unspecified atom stereocenters. The van der Waals surface area contributed by atoms with Gasteiger partial charge in [0.2, 0.25) is 0 Å². The average molecular weight is 467 g/mol. The van der Waals surface area contributed by atoms with Crippen LogP contribution in [0.25, 0.3) is 33.0 Å². The van der Waals surface area contributed by atoms with Crippen LogP contribution in [0.4, 0.5) is 0 Å². The lowest BCUT2D eigenvalue weighted by Crippen LogP contribution is -2.23. The lowest BCUT2D eigenvalue weighted by atomic mass is 9.95. The van der Waals surface area contributed by atoms with Gasteiger partial charge in [-0.15, -0.1) is 0 Å². The molecule has 35 heavy (non-hydrogen) atoms. The Morgan fingerprint density at radius 2 is 1.34 bits per heavy atom. The molecule has 0 fully saturated rings. The highest BCUT2D eigenvalue weighted by Gasteiger charge is 2.35. The zero-order valence-electron chi connectivity index (χ0n) is 20.3. The fraction of sp³-hybridized carbons (Fsp3) is 0.310. The molecule has 0 radical (unpaired) electrons. The summed E-state index contributed by atoms with van der Waals surface area (Å²) >= 11 is 0. The number of imide groups is 1. The van der Waals surface area contributed by atoms with E-state index in [0.717, 1.165) is 71.8 Å². The number of amides is 2. The molecule has 0 aliphatic carbocycles. The molecular formula is C29H30N4O2. The Morgan fingerprint density at radius 1 is 0.800 bits per heavy atom. The van der Waals surface area contributed by atoms with Gasteiger partial charge in [0.1, 0.15) is 0 Å². The summed E-state index contributed by atoms with van der Waals surface area (Å²) in [7, 11) is 4.29. The number of aryl methyl sites for hydroxylation is 2. The molecule has 2 aliphatic heterocycles. The number of hydrogen-bond acceptors (Lipinski definition) is 3. The monoisotopic (exact) mass is 466 g/mol. The van der Waals surface area contributed by atoms with Gasteiger partial charge in [-0.2, -0.15) is 0 Å². The number of aromatic nitrogens is 2. The lowest BCUT2D eigenvalue weighted by molar-refractivity contribution is -0.122. The molecule has 2 amide bonds. The molecule has 6 heteroatoms. The van der Waals surface area contributed by atoms with Crippen LogP contribution >= 0.6 is 0 Å². The first-order valence-corrected chi connectivity index (χ1v) is 12.4. The van der Waals surface area contributed by atoms with E-state index in [1.165, 1.54) is 0 Å². The molecule has 1 N–H and O–H groups in total. The third-order valence-corrected chi connectivity index (χ3v) is 7.46. The van der Waals surface area contributed by atoms with Crippen LogP contribution in [-0.2, 0) is 22.7 Å². The number of nitrogens with one attached hydrogen (secondary N) is 1. The molecule has 6 nitrogen and oxygen atoms in total. The van der Waals surface area contributed by atoms with E-state index < -0.39 is 0 Å². The largest absolute Gasteiger partial charge is 0.347 e. The maximum atomic E-state index is 13.2. The summed E-state index contributed by atoms with van der Waals surface area (Å²) in [5.41, 5.74) is 4.82. The Hall–Kier alpha value is -3.64. The summed E-state index contributed by atoms with van der Waals surface area (Å²) in [5.74, 6) is -0.0600. The van der Waals surface area contributed by atoms with Crippen LogP contribution in [0.1, 0.15) is 30.4 Å². The van der Waals surface area contributed by atoms with Crippen molar-refractivity contribution in [2.24, 2.45) is 5.92 Å². The number of hydrogen-bond donors (Lipinski definition) is 1. The molecule has 0 saturated carbocycles. The molecule has 4 heterocycles. The number of fused-ring (bicyclic) bond motifs is 12. The third kappa shape index (κ3) is 3.69. The van der Waals surface area contributed by atoms with Crippen LogP contribution in [0, 0.1) is 5.92 Å². The first kappa shape index (κ1) is 21.9. The number of carbonyl (C=O) groups excluding carboxylic acids is 2. The third-order valence-electron chi connectivity index (χ3n) is 7.46. The van der Waals surface area contributed by atoms with E-state index in [4.69, 9.17) is 0 Å². The average Bonchev–Trinajstić information content (AvgIpc) is 3.47. The van der Waals surface area contributed by atoms with Crippen molar-refractivity contribution in [1.29, 1.82) is 0 Å². The van der Waals surface area contributed by atoms with Crippen LogP contribution < -0.4 is 5.32 Å². The molecule has 2 aromatic carbocycles. The number of rotatable bonds is 2. The smallest absolute Gasteiger partial charge is 0.259 e. The number of benzene rings is 2. The first-order valence-electron chi connectivity index (χ1n) is 12.4. The first-order chi connectivity index (χ1) is 17.0. The second-order valence-corrected chi connectivity index (χ2v) is 10.1. The van der Waals surface area contributed by atoms with Crippen LogP contribution in [-0.4, -0.2) is 46.5 Å². The Balaban J connectivity index is 1.62. The molecule has 2 aromatic heterocycles. The van der Waals surface area contributed by atoms with Gasteiger partial charge in [-0.25, -0.2) is 0 Å². The van der Waals surface area contributed by atoms with E-state index >= 15 is 0 Å². The fourth-order valence-corrected chi connectivity index (χ4v) is 5.95. The maximum Gasteiger partial charge on any atom is 0.259 e.